The van der Waals surface area contributed by atoms with Crippen LogP contribution < -0.4 is 25.2 Å². The molecule has 1 aliphatic heterocycles. The molecule has 2 N–H and O–H groups in total. The lowest BCUT2D eigenvalue weighted by molar-refractivity contribution is -0.134. The lowest BCUT2D eigenvalue weighted by atomic mass is 10.1. The van der Waals surface area contributed by atoms with Crippen LogP contribution in [0, 0.1) is 11.7 Å². The van der Waals surface area contributed by atoms with Gasteiger partial charge < -0.3 is 14.4 Å². The van der Waals surface area contributed by atoms with Gasteiger partial charge in [-0.25, -0.2) is 4.39 Å². The molecule has 1 saturated heterocycles. The molecule has 0 saturated carbocycles. The number of hydrogen-bond donors (Lipinski definition) is 2. The van der Waals surface area contributed by atoms with Crippen molar-refractivity contribution in [1.29, 1.82) is 0 Å². The minimum atomic E-state index is -0.920. The quantitative estimate of drug-likeness (QED) is 0.658. The highest BCUT2D eigenvalue weighted by atomic mass is 19.1. The zero-order valence-corrected chi connectivity index (χ0v) is 17.3. The van der Waals surface area contributed by atoms with E-state index in [9.17, 15) is 18.8 Å². The first-order valence-electron chi connectivity index (χ1n) is 9.92. The molecule has 164 valence electrons. The molecular formula is C22H24FN3O5. The molecule has 3 amide bonds. The predicted molar refractivity (Wildman–Crippen MR) is 111 cm³/mol. The van der Waals surface area contributed by atoms with Crippen LogP contribution in [0.15, 0.2) is 48.5 Å². The van der Waals surface area contributed by atoms with Crippen molar-refractivity contribution in [2.24, 2.45) is 5.92 Å². The number of hydrogen-bond acceptors (Lipinski definition) is 5. The van der Waals surface area contributed by atoms with Gasteiger partial charge in [0.25, 0.3) is 5.91 Å². The molecule has 0 spiro atoms. The van der Waals surface area contributed by atoms with E-state index < -0.39 is 29.7 Å². The number of amides is 3. The third kappa shape index (κ3) is 5.71. The molecule has 0 bridgehead atoms. The Morgan fingerprint density at radius 2 is 1.74 bits per heavy atom. The Labute approximate surface area is 179 Å². The molecule has 2 aromatic carbocycles. The first kappa shape index (κ1) is 22.1. The molecule has 1 heterocycles. The Balaban J connectivity index is 1.49. The molecule has 0 aliphatic carbocycles. The molecule has 0 radical (unpaired) electrons. The summed E-state index contributed by atoms with van der Waals surface area (Å²) >= 11 is 0. The summed E-state index contributed by atoms with van der Waals surface area (Å²) in [7, 11) is 0. The third-order valence-corrected chi connectivity index (χ3v) is 4.76. The number of ether oxygens (including phenoxy) is 2. The largest absolute Gasteiger partial charge is 0.494 e. The summed E-state index contributed by atoms with van der Waals surface area (Å²) in [6, 6.07) is 12.3. The van der Waals surface area contributed by atoms with Crippen LogP contribution >= 0.6 is 0 Å². The molecule has 3 rings (SSSR count). The third-order valence-electron chi connectivity index (χ3n) is 4.76. The molecule has 2 aromatic rings. The van der Waals surface area contributed by atoms with E-state index >= 15 is 0 Å². The number of halogens is 1. The fourth-order valence-corrected chi connectivity index (χ4v) is 3.12. The summed E-state index contributed by atoms with van der Waals surface area (Å²) in [5.74, 6) is -1.22. The number of nitrogens with zero attached hydrogens (tertiary/aromatic N) is 1. The van der Waals surface area contributed by atoms with Crippen molar-refractivity contribution < 1.29 is 28.2 Å². The molecule has 8 nitrogen and oxygen atoms in total. The molecule has 31 heavy (non-hydrogen) atoms. The second-order valence-corrected chi connectivity index (χ2v) is 7.02. The van der Waals surface area contributed by atoms with Crippen LogP contribution in [0.2, 0.25) is 0 Å². The van der Waals surface area contributed by atoms with E-state index in [0.29, 0.717) is 23.8 Å². The summed E-state index contributed by atoms with van der Waals surface area (Å²) in [5.41, 5.74) is 5.31. The average molecular weight is 429 g/mol. The molecule has 9 heteroatoms. The number of carbonyl (C=O) groups excluding carboxylic acids is 3. The normalized spacial score (nSPS) is 16.5. The van der Waals surface area contributed by atoms with Gasteiger partial charge in [0.15, 0.2) is 6.10 Å². The van der Waals surface area contributed by atoms with Crippen molar-refractivity contribution in [1.82, 2.24) is 10.9 Å². The number of hydrazine groups is 1. The Kier molecular flexibility index (Phi) is 7.07. The highest BCUT2D eigenvalue weighted by molar-refractivity contribution is 6.00. The van der Waals surface area contributed by atoms with Gasteiger partial charge in [0.1, 0.15) is 17.3 Å². The fraction of sp³-hybridized carbons (Fsp3) is 0.318. The SMILES string of the molecule is CCOc1ccc(N2CC(C(=O)NNC(=O)C(C)Oc3ccc(F)cc3)CC2=O)cc1. The van der Waals surface area contributed by atoms with Crippen LogP contribution in [0.1, 0.15) is 20.3 Å². The first-order valence-corrected chi connectivity index (χ1v) is 9.92. The van der Waals surface area contributed by atoms with Crippen molar-refractivity contribution in [2.45, 2.75) is 26.4 Å². The van der Waals surface area contributed by atoms with Crippen molar-refractivity contribution in [3.05, 3.63) is 54.3 Å². The van der Waals surface area contributed by atoms with E-state index in [1.54, 1.807) is 24.3 Å². The highest BCUT2D eigenvalue weighted by Gasteiger charge is 2.35. The van der Waals surface area contributed by atoms with Gasteiger partial charge in [-0.05, 0) is 62.4 Å². The van der Waals surface area contributed by atoms with E-state index in [-0.39, 0.29) is 18.9 Å². The van der Waals surface area contributed by atoms with Gasteiger partial charge in [-0.1, -0.05) is 0 Å². The fourth-order valence-electron chi connectivity index (χ4n) is 3.12. The van der Waals surface area contributed by atoms with Gasteiger partial charge in [0.2, 0.25) is 11.8 Å². The van der Waals surface area contributed by atoms with Gasteiger partial charge in [-0.3, -0.25) is 25.2 Å². The zero-order valence-electron chi connectivity index (χ0n) is 17.3. The summed E-state index contributed by atoms with van der Waals surface area (Å²) in [6.45, 7) is 4.13. The number of carbonyl (C=O) groups is 3. The minimum absolute atomic E-state index is 0.0382. The van der Waals surface area contributed by atoms with Crippen molar-refractivity contribution in [3.8, 4) is 11.5 Å². The summed E-state index contributed by atoms with van der Waals surface area (Å²) in [5, 5.41) is 0. The van der Waals surface area contributed by atoms with Gasteiger partial charge in [-0.2, -0.15) is 0 Å². The first-order chi connectivity index (χ1) is 14.9. The predicted octanol–water partition coefficient (Wildman–Crippen LogP) is 2.19. The standard InChI is InChI=1S/C22H24FN3O5/c1-3-30-18-10-6-17(7-11-18)26-13-15(12-20(26)27)22(29)25-24-21(28)14(2)31-19-8-4-16(23)5-9-19/h4-11,14-15H,3,12-13H2,1-2H3,(H,24,28)(H,25,29). The number of rotatable bonds is 7. The Morgan fingerprint density at radius 1 is 1.10 bits per heavy atom. The Morgan fingerprint density at radius 3 is 2.39 bits per heavy atom. The van der Waals surface area contributed by atoms with Crippen LogP contribution in [0.5, 0.6) is 11.5 Å². The van der Waals surface area contributed by atoms with E-state index in [0.717, 1.165) is 0 Å². The Hall–Kier alpha value is -3.62. The molecule has 0 aromatic heterocycles. The topological polar surface area (TPSA) is 97.0 Å². The van der Waals surface area contributed by atoms with Gasteiger partial charge in [0, 0.05) is 18.7 Å². The maximum atomic E-state index is 12.9. The summed E-state index contributed by atoms with van der Waals surface area (Å²) in [4.78, 5) is 38.5. The molecular weight excluding hydrogens is 405 g/mol. The van der Waals surface area contributed by atoms with Gasteiger partial charge in [0.05, 0.1) is 12.5 Å². The van der Waals surface area contributed by atoms with Crippen molar-refractivity contribution >= 4 is 23.4 Å². The van der Waals surface area contributed by atoms with Crippen LogP contribution in [-0.2, 0) is 14.4 Å². The number of anilines is 1. The van der Waals surface area contributed by atoms with Gasteiger partial charge in [-0.15, -0.1) is 0 Å². The maximum absolute atomic E-state index is 12.9. The number of nitrogens with one attached hydrogen (secondary N) is 2. The van der Waals surface area contributed by atoms with Crippen LogP contribution in [0.3, 0.4) is 0 Å². The molecule has 1 aliphatic rings. The molecule has 2 atom stereocenters. The molecule has 1 fully saturated rings. The lowest BCUT2D eigenvalue weighted by Gasteiger charge is -2.18. The molecule has 2 unspecified atom stereocenters. The van der Waals surface area contributed by atoms with E-state index in [2.05, 4.69) is 10.9 Å². The average Bonchev–Trinajstić information content (AvgIpc) is 3.16. The van der Waals surface area contributed by atoms with E-state index in [1.165, 1.54) is 36.1 Å². The van der Waals surface area contributed by atoms with Crippen molar-refractivity contribution in [2.75, 3.05) is 18.1 Å². The van der Waals surface area contributed by atoms with Crippen LogP contribution in [0.4, 0.5) is 10.1 Å². The summed E-state index contributed by atoms with van der Waals surface area (Å²) in [6.07, 6.45) is -0.882. The lowest BCUT2D eigenvalue weighted by Crippen LogP contribution is -2.49. The van der Waals surface area contributed by atoms with Crippen LogP contribution in [0.25, 0.3) is 0 Å². The highest BCUT2D eigenvalue weighted by Crippen LogP contribution is 2.27. The second kappa shape index (κ2) is 9.92. The van der Waals surface area contributed by atoms with E-state index in [4.69, 9.17) is 9.47 Å². The van der Waals surface area contributed by atoms with E-state index in [1.807, 2.05) is 6.92 Å². The zero-order chi connectivity index (χ0) is 22.4. The van der Waals surface area contributed by atoms with Crippen molar-refractivity contribution in [3.63, 3.8) is 0 Å². The van der Waals surface area contributed by atoms with Crippen LogP contribution in [-0.4, -0.2) is 37.0 Å². The number of benzene rings is 2. The smallest absolute Gasteiger partial charge is 0.279 e. The Bertz CT molecular complexity index is 933. The maximum Gasteiger partial charge on any atom is 0.279 e. The monoisotopic (exact) mass is 429 g/mol. The second-order valence-electron chi connectivity index (χ2n) is 7.02. The summed E-state index contributed by atoms with van der Waals surface area (Å²) < 4.78 is 23.7. The van der Waals surface area contributed by atoms with Gasteiger partial charge >= 0.3 is 0 Å². The minimum Gasteiger partial charge on any atom is -0.494 e.